The molecule has 1 rings (SSSR count). The first kappa shape index (κ1) is 17.0. The van der Waals surface area contributed by atoms with Gasteiger partial charge in [0.2, 0.25) is 0 Å². The Balaban J connectivity index is 3.39. The Bertz CT molecular complexity index is 508. The van der Waals surface area contributed by atoms with Gasteiger partial charge in [-0.05, 0) is 38.4 Å². The van der Waals surface area contributed by atoms with Crippen LogP contribution < -0.4 is 4.74 Å². The Labute approximate surface area is 129 Å². The molecule has 1 aromatic carbocycles. The number of halogens is 1. The Morgan fingerprint density at radius 2 is 1.70 bits per heavy atom. The summed E-state index contributed by atoms with van der Waals surface area (Å²) in [4.78, 5) is 10.7. The topological polar surface area (TPSA) is 46.5 Å². The lowest BCUT2D eigenvalue weighted by atomic mass is 9.80. The van der Waals surface area contributed by atoms with Crippen LogP contribution in [0.4, 0.5) is 0 Å². The van der Waals surface area contributed by atoms with E-state index in [2.05, 4.69) is 63.5 Å². The van der Waals surface area contributed by atoms with Gasteiger partial charge in [0.15, 0.2) is 6.61 Å². The van der Waals surface area contributed by atoms with Gasteiger partial charge in [0.1, 0.15) is 5.75 Å². The van der Waals surface area contributed by atoms with Crippen LogP contribution in [0, 0.1) is 0 Å². The predicted octanol–water partition coefficient (Wildman–Crippen LogP) is 4.51. The van der Waals surface area contributed by atoms with E-state index in [1.807, 2.05) is 6.07 Å². The average molecular weight is 343 g/mol. The summed E-state index contributed by atoms with van der Waals surface area (Å²) in [6.45, 7) is 12.4. The summed E-state index contributed by atoms with van der Waals surface area (Å²) in [5.41, 5.74) is 2.10. The van der Waals surface area contributed by atoms with Crippen LogP contribution in [0.1, 0.15) is 52.7 Å². The van der Waals surface area contributed by atoms with Gasteiger partial charge in [-0.3, -0.25) is 0 Å². The van der Waals surface area contributed by atoms with Crippen molar-refractivity contribution < 1.29 is 14.6 Å². The van der Waals surface area contributed by atoms with Crippen molar-refractivity contribution in [3.63, 3.8) is 0 Å². The summed E-state index contributed by atoms with van der Waals surface area (Å²) in [7, 11) is 0. The number of hydrogen-bond donors (Lipinski definition) is 1. The van der Waals surface area contributed by atoms with Gasteiger partial charge in [-0.2, -0.15) is 0 Å². The van der Waals surface area contributed by atoms with E-state index in [-0.39, 0.29) is 17.4 Å². The van der Waals surface area contributed by atoms with E-state index >= 15 is 0 Å². The van der Waals surface area contributed by atoms with Crippen molar-refractivity contribution in [3.8, 4) is 5.75 Å². The monoisotopic (exact) mass is 342 g/mol. The van der Waals surface area contributed by atoms with Crippen molar-refractivity contribution in [2.45, 2.75) is 52.4 Å². The number of carbonyl (C=O) groups is 1. The Hall–Kier alpha value is -1.03. The zero-order valence-electron chi connectivity index (χ0n) is 13.0. The highest BCUT2D eigenvalue weighted by molar-refractivity contribution is 9.10. The second-order valence-corrected chi connectivity index (χ2v) is 7.87. The number of hydrogen-bond acceptors (Lipinski definition) is 2. The molecule has 20 heavy (non-hydrogen) atoms. The van der Waals surface area contributed by atoms with E-state index in [1.54, 1.807) is 0 Å². The third-order valence-corrected chi connectivity index (χ3v) is 3.65. The van der Waals surface area contributed by atoms with Gasteiger partial charge in [-0.15, -0.1) is 0 Å². The van der Waals surface area contributed by atoms with Crippen LogP contribution in [0.3, 0.4) is 0 Å². The van der Waals surface area contributed by atoms with Crippen molar-refractivity contribution in [2.24, 2.45) is 0 Å². The summed E-state index contributed by atoms with van der Waals surface area (Å²) < 4.78 is 6.28. The van der Waals surface area contributed by atoms with Gasteiger partial charge < -0.3 is 9.84 Å². The number of ether oxygens (including phenoxy) is 1. The molecule has 0 aliphatic heterocycles. The van der Waals surface area contributed by atoms with Crippen LogP contribution in [-0.4, -0.2) is 17.7 Å². The molecular formula is C16H23BrO3. The number of aliphatic carboxylic acids is 1. The summed E-state index contributed by atoms with van der Waals surface area (Å²) in [6, 6.07) is 4.12. The van der Waals surface area contributed by atoms with Gasteiger partial charge in [0, 0.05) is 5.56 Å². The third kappa shape index (κ3) is 4.23. The Morgan fingerprint density at radius 1 is 1.15 bits per heavy atom. The minimum atomic E-state index is -0.975. The zero-order chi connectivity index (χ0) is 15.7. The molecule has 0 heterocycles. The Kier molecular flexibility index (Phi) is 4.90. The van der Waals surface area contributed by atoms with Crippen molar-refractivity contribution in [1.82, 2.24) is 0 Å². The van der Waals surface area contributed by atoms with E-state index < -0.39 is 5.97 Å². The minimum absolute atomic E-state index is 0.0217. The molecule has 0 spiro atoms. The zero-order valence-corrected chi connectivity index (χ0v) is 14.6. The molecule has 0 fully saturated rings. The molecule has 0 radical (unpaired) electrons. The summed E-state index contributed by atoms with van der Waals surface area (Å²) in [5.74, 6) is -0.357. The smallest absolute Gasteiger partial charge is 0.341 e. The molecule has 0 aromatic heterocycles. The lowest BCUT2D eigenvalue weighted by molar-refractivity contribution is -0.139. The highest BCUT2D eigenvalue weighted by Crippen LogP contribution is 2.40. The fourth-order valence-corrected chi connectivity index (χ4v) is 2.44. The molecule has 0 aliphatic rings. The molecule has 0 saturated heterocycles. The fourth-order valence-electron chi connectivity index (χ4n) is 1.86. The second kappa shape index (κ2) is 5.76. The molecule has 112 valence electrons. The SMILES string of the molecule is CC(C)(C)c1cc(Br)c(OCC(=O)O)c(C(C)(C)C)c1. The van der Waals surface area contributed by atoms with Crippen LogP contribution in [-0.2, 0) is 15.6 Å². The van der Waals surface area contributed by atoms with Crippen LogP contribution in [0.15, 0.2) is 16.6 Å². The molecule has 4 heteroatoms. The normalized spacial score (nSPS) is 12.3. The van der Waals surface area contributed by atoms with Gasteiger partial charge in [-0.25, -0.2) is 4.79 Å². The molecule has 0 saturated carbocycles. The Morgan fingerprint density at radius 3 is 2.10 bits per heavy atom. The standard InChI is InChI=1S/C16H23BrO3/c1-15(2,3)10-7-11(16(4,5)6)14(12(17)8-10)20-9-13(18)19/h7-8H,9H2,1-6H3,(H,18,19). The molecule has 0 atom stereocenters. The largest absolute Gasteiger partial charge is 0.480 e. The van der Waals surface area contributed by atoms with E-state index in [0.29, 0.717) is 5.75 Å². The van der Waals surface area contributed by atoms with Crippen LogP contribution in [0.5, 0.6) is 5.75 Å². The maximum absolute atomic E-state index is 10.7. The van der Waals surface area contributed by atoms with Crippen LogP contribution in [0.2, 0.25) is 0 Å². The lowest BCUT2D eigenvalue weighted by Gasteiger charge is -2.28. The molecule has 3 nitrogen and oxygen atoms in total. The maximum Gasteiger partial charge on any atom is 0.341 e. The number of carboxylic acid groups (broad SMARTS) is 1. The van der Waals surface area contributed by atoms with Crippen molar-refractivity contribution in [3.05, 3.63) is 27.7 Å². The number of carboxylic acids is 1. The van der Waals surface area contributed by atoms with Gasteiger partial charge in [-0.1, -0.05) is 47.6 Å². The first-order valence-corrected chi connectivity index (χ1v) is 7.41. The van der Waals surface area contributed by atoms with Crippen molar-refractivity contribution in [1.29, 1.82) is 0 Å². The van der Waals surface area contributed by atoms with E-state index in [0.717, 1.165) is 10.0 Å². The van der Waals surface area contributed by atoms with Gasteiger partial charge in [0.05, 0.1) is 4.47 Å². The highest BCUT2D eigenvalue weighted by Gasteiger charge is 2.25. The van der Waals surface area contributed by atoms with Crippen molar-refractivity contribution in [2.75, 3.05) is 6.61 Å². The van der Waals surface area contributed by atoms with Gasteiger partial charge >= 0.3 is 5.97 Å². The summed E-state index contributed by atoms with van der Waals surface area (Å²) in [6.07, 6.45) is 0. The number of benzene rings is 1. The summed E-state index contributed by atoms with van der Waals surface area (Å²) in [5, 5.41) is 8.80. The third-order valence-electron chi connectivity index (χ3n) is 3.06. The summed E-state index contributed by atoms with van der Waals surface area (Å²) >= 11 is 3.52. The average Bonchev–Trinajstić information content (AvgIpc) is 2.23. The molecule has 1 aromatic rings. The molecule has 0 aliphatic carbocycles. The molecule has 0 unspecified atom stereocenters. The first-order chi connectivity index (χ1) is 8.93. The highest BCUT2D eigenvalue weighted by atomic mass is 79.9. The van der Waals surface area contributed by atoms with Crippen LogP contribution in [0.25, 0.3) is 0 Å². The number of rotatable bonds is 3. The molecular weight excluding hydrogens is 320 g/mol. The van der Waals surface area contributed by atoms with Crippen molar-refractivity contribution >= 4 is 21.9 Å². The lowest BCUT2D eigenvalue weighted by Crippen LogP contribution is -2.19. The van der Waals surface area contributed by atoms with E-state index in [4.69, 9.17) is 9.84 Å². The molecule has 0 amide bonds. The predicted molar refractivity (Wildman–Crippen MR) is 84.7 cm³/mol. The molecule has 1 N–H and O–H groups in total. The quantitative estimate of drug-likeness (QED) is 0.878. The van der Waals surface area contributed by atoms with E-state index in [1.165, 1.54) is 5.56 Å². The molecule has 0 bridgehead atoms. The van der Waals surface area contributed by atoms with Crippen LogP contribution >= 0.6 is 15.9 Å². The minimum Gasteiger partial charge on any atom is -0.480 e. The van der Waals surface area contributed by atoms with Gasteiger partial charge in [0.25, 0.3) is 0 Å². The first-order valence-electron chi connectivity index (χ1n) is 6.62. The van der Waals surface area contributed by atoms with E-state index in [9.17, 15) is 4.79 Å². The second-order valence-electron chi connectivity index (χ2n) is 7.02. The maximum atomic E-state index is 10.7. The fraction of sp³-hybridized carbons (Fsp3) is 0.562.